The van der Waals surface area contributed by atoms with Gasteiger partial charge in [0.25, 0.3) is 0 Å². The average Bonchev–Trinajstić information content (AvgIpc) is 2.88. The van der Waals surface area contributed by atoms with E-state index in [0.717, 1.165) is 18.2 Å². The van der Waals surface area contributed by atoms with Crippen molar-refractivity contribution in [2.75, 3.05) is 0 Å². The minimum absolute atomic E-state index is 0.248. The van der Waals surface area contributed by atoms with Crippen molar-refractivity contribution in [2.24, 2.45) is 5.73 Å². The first kappa shape index (κ1) is 14.6. The van der Waals surface area contributed by atoms with Crippen LogP contribution in [0.4, 0.5) is 4.39 Å². The van der Waals surface area contributed by atoms with Crippen LogP contribution in [-0.4, -0.2) is 14.2 Å². The fourth-order valence-electron chi connectivity index (χ4n) is 2.11. The highest BCUT2D eigenvalue weighted by molar-refractivity contribution is 7.86. The van der Waals surface area contributed by atoms with Crippen molar-refractivity contribution in [3.63, 3.8) is 0 Å². The Morgan fingerprint density at radius 2 is 2.00 bits per heavy atom. The summed E-state index contributed by atoms with van der Waals surface area (Å²) >= 11 is 5.58. The van der Waals surface area contributed by atoms with Crippen LogP contribution in [0.3, 0.4) is 0 Å². The molecule has 2 aromatic rings. The largest absolute Gasteiger partial charge is 0.460 e. The van der Waals surface area contributed by atoms with Crippen molar-refractivity contribution in [1.82, 2.24) is 0 Å². The lowest BCUT2D eigenvalue weighted by molar-refractivity contribution is -0.123. The van der Waals surface area contributed by atoms with Crippen LogP contribution in [0.2, 0.25) is 5.02 Å². The molecule has 1 aliphatic rings. The number of benzene rings is 2. The van der Waals surface area contributed by atoms with E-state index in [2.05, 4.69) is 4.18 Å². The topological polar surface area (TPSA) is 95.7 Å². The van der Waals surface area contributed by atoms with Gasteiger partial charge in [0.1, 0.15) is 11.5 Å². The summed E-state index contributed by atoms with van der Waals surface area (Å²) in [4.78, 5) is 12.7. The molecule has 26 heavy (non-hydrogen) atoms. The number of hydrogen-bond donors (Lipinski definition) is 1. The van der Waals surface area contributed by atoms with Gasteiger partial charge in [-0.1, -0.05) is 48.0 Å². The molecule has 9 heteroatoms. The molecule has 2 N–H and O–H groups in total. The van der Waals surface area contributed by atoms with Gasteiger partial charge in [0, 0.05) is 5.56 Å². The molecule has 0 radical (unpaired) electrons. The molecule has 0 aromatic heterocycles. The molecule has 0 fully saturated rings. The van der Waals surface area contributed by atoms with E-state index >= 15 is 0 Å². The molecule has 0 bridgehead atoms. The Morgan fingerprint density at radius 3 is 2.65 bits per heavy atom. The minimum Gasteiger partial charge on any atom is -0.460 e. The second-order valence-corrected chi connectivity index (χ2v) is 6.77. The molecule has 0 saturated heterocycles. The highest BCUT2D eigenvalue weighted by Gasteiger charge is 2.39. The molecule has 1 unspecified atom stereocenters. The molecule has 0 amide bonds. The van der Waals surface area contributed by atoms with Crippen LogP contribution in [0, 0.1) is 5.82 Å². The Labute approximate surface area is 158 Å². The van der Waals surface area contributed by atoms with Gasteiger partial charge >= 0.3 is 10.1 Å². The number of rotatable bonds is 5. The zero-order chi connectivity index (χ0) is 21.6. The summed E-state index contributed by atoms with van der Waals surface area (Å²) in [7, 11) is -5.09. The van der Waals surface area contributed by atoms with Crippen LogP contribution in [0.15, 0.2) is 60.2 Å². The lowest BCUT2D eigenvalue weighted by Gasteiger charge is -2.10. The average molecular weight is 401 g/mol. The van der Waals surface area contributed by atoms with Gasteiger partial charge in [-0.2, -0.15) is 8.42 Å². The number of ether oxygens (including phenoxy) is 1. The molecule has 1 aliphatic heterocycles. The molecular formula is C17H13ClFNO5S. The standard InChI is InChI=1S/C17H13ClFNO5S/c18-12-7-6-11(8-13(12)19)15-14(21)16(17(20)24-15)25-26(22,23)9-10-4-2-1-3-5-10/h1-8,15H,9,20H2/i9D2,15D. The van der Waals surface area contributed by atoms with Gasteiger partial charge in [0.05, 0.1) is 9.13 Å². The van der Waals surface area contributed by atoms with E-state index in [1.807, 2.05) is 0 Å². The van der Waals surface area contributed by atoms with Gasteiger partial charge in [-0.25, -0.2) is 4.39 Å². The van der Waals surface area contributed by atoms with E-state index in [9.17, 15) is 17.6 Å². The predicted octanol–water partition coefficient (Wildman–Crippen LogP) is 2.79. The Kier molecular flexibility index (Phi) is 3.91. The van der Waals surface area contributed by atoms with Crippen LogP contribution in [-0.2, 0) is 29.5 Å². The van der Waals surface area contributed by atoms with Crippen LogP contribution in [0.5, 0.6) is 0 Å². The van der Waals surface area contributed by atoms with E-state index in [1.54, 1.807) is 6.07 Å². The van der Waals surface area contributed by atoms with Crippen molar-refractivity contribution < 1.29 is 30.6 Å². The van der Waals surface area contributed by atoms with E-state index < -0.39 is 45.1 Å². The van der Waals surface area contributed by atoms with Gasteiger partial charge in [0.2, 0.25) is 17.4 Å². The number of carbonyl (C=O) groups excluding carboxylic acids is 1. The molecule has 0 spiro atoms. The van der Waals surface area contributed by atoms with Crippen molar-refractivity contribution >= 4 is 27.5 Å². The van der Waals surface area contributed by atoms with Gasteiger partial charge in [-0.15, -0.1) is 0 Å². The van der Waals surface area contributed by atoms with Gasteiger partial charge < -0.3 is 14.7 Å². The smallest absolute Gasteiger partial charge is 0.313 e. The van der Waals surface area contributed by atoms with Gasteiger partial charge in [-0.3, -0.25) is 4.79 Å². The zero-order valence-corrected chi connectivity index (χ0v) is 14.5. The van der Waals surface area contributed by atoms with Crippen LogP contribution < -0.4 is 5.73 Å². The van der Waals surface area contributed by atoms with E-state index in [4.69, 9.17) is 26.2 Å². The molecule has 136 valence electrons. The lowest BCUT2D eigenvalue weighted by atomic mass is 10.1. The summed E-state index contributed by atoms with van der Waals surface area (Å²) in [6, 6.07) is 9.81. The lowest BCUT2D eigenvalue weighted by Crippen LogP contribution is -2.16. The summed E-state index contributed by atoms with van der Waals surface area (Å²) in [5.74, 6) is -4.21. The summed E-state index contributed by atoms with van der Waals surface area (Å²) < 4.78 is 72.4. The van der Waals surface area contributed by atoms with E-state index in [-0.39, 0.29) is 16.1 Å². The van der Waals surface area contributed by atoms with E-state index in [1.165, 1.54) is 24.3 Å². The molecule has 0 aliphatic carbocycles. The Hall–Kier alpha value is -2.58. The third-order valence-electron chi connectivity index (χ3n) is 3.24. The Bertz CT molecular complexity index is 1130. The van der Waals surface area contributed by atoms with Crippen molar-refractivity contribution in [2.45, 2.75) is 11.8 Å². The molecule has 3 rings (SSSR count). The molecule has 1 atom stereocenters. The first-order valence-corrected chi connectivity index (χ1v) is 8.87. The normalized spacial score (nSPS) is 22.4. The quantitative estimate of drug-likeness (QED) is 0.775. The SMILES string of the molecule is [2H]C1(c2ccc(Cl)c(F)c2)OC(N)=C(OS(=O)(=O)C([2H])([2H])c2ccccc2)C1=O. The zero-order valence-electron chi connectivity index (χ0n) is 15.9. The summed E-state index contributed by atoms with van der Waals surface area (Å²) in [5.41, 5.74) is 1.93. The fourth-order valence-corrected chi connectivity index (χ4v) is 3.07. The Balaban J connectivity index is 1.95. The minimum atomic E-state index is -5.09. The maximum absolute atomic E-state index is 13.7. The molecular weight excluding hydrogens is 385 g/mol. The van der Waals surface area contributed by atoms with Crippen molar-refractivity contribution in [1.29, 1.82) is 0 Å². The molecule has 2 aromatic carbocycles. The maximum atomic E-state index is 13.7. The first-order chi connectivity index (χ1) is 13.4. The number of ketones is 1. The molecule has 1 heterocycles. The van der Waals surface area contributed by atoms with Crippen LogP contribution in [0.1, 0.15) is 21.3 Å². The summed E-state index contributed by atoms with van der Waals surface area (Å²) in [5, 5.41) is -0.265. The third-order valence-corrected chi connectivity index (χ3v) is 4.42. The monoisotopic (exact) mass is 400 g/mol. The second kappa shape index (κ2) is 6.97. The molecule has 6 nitrogen and oxygen atoms in total. The number of halogens is 2. The van der Waals surface area contributed by atoms with Crippen molar-refractivity contribution in [3.8, 4) is 0 Å². The number of nitrogens with two attached hydrogens (primary N) is 1. The summed E-state index contributed by atoms with van der Waals surface area (Å²) in [6.07, 6.45) is -2.63. The number of Topliss-reactive ketones (excluding diaryl/α,β-unsaturated/α-hetero) is 1. The highest BCUT2D eigenvalue weighted by Crippen LogP contribution is 2.33. The second-order valence-electron chi connectivity index (χ2n) is 5.09. The van der Waals surface area contributed by atoms with E-state index in [0.29, 0.717) is 0 Å². The highest BCUT2D eigenvalue weighted by atomic mass is 35.5. The van der Waals surface area contributed by atoms with Gasteiger partial charge in [-0.05, 0) is 17.7 Å². The van der Waals surface area contributed by atoms with Crippen molar-refractivity contribution in [3.05, 3.63) is 82.1 Å². The van der Waals surface area contributed by atoms with Crippen LogP contribution >= 0.6 is 11.6 Å². The Morgan fingerprint density at radius 1 is 1.31 bits per heavy atom. The summed E-state index contributed by atoms with van der Waals surface area (Å²) in [6.45, 7) is 0. The fraction of sp³-hybridized carbons (Fsp3) is 0.118. The third kappa shape index (κ3) is 3.81. The molecule has 0 saturated carbocycles. The van der Waals surface area contributed by atoms with Crippen LogP contribution in [0.25, 0.3) is 0 Å². The number of carbonyl (C=O) groups is 1. The number of hydrogen-bond acceptors (Lipinski definition) is 6. The van der Waals surface area contributed by atoms with Gasteiger partial charge in [0.15, 0.2) is 6.08 Å². The first-order valence-electron chi connectivity index (χ1n) is 8.59. The maximum Gasteiger partial charge on any atom is 0.313 e. The predicted molar refractivity (Wildman–Crippen MR) is 91.6 cm³/mol.